The molecule has 2 aromatic carbocycles. The van der Waals surface area contributed by atoms with Crippen LogP contribution in [0.5, 0.6) is 11.5 Å². The predicted octanol–water partition coefficient (Wildman–Crippen LogP) is 4.12. The summed E-state index contributed by atoms with van der Waals surface area (Å²) in [7, 11) is 3.17. The SMILES string of the molecule is COc1ccc(/C=C/C(=O)NCCCc2ccc(Cl)cc2)cc1OC. The third kappa shape index (κ3) is 6.16. The molecule has 0 aromatic heterocycles. The Hall–Kier alpha value is -2.46. The molecule has 0 unspecified atom stereocenters. The van der Waals surface area contributed by atoms with Crippen LogP contribution in [0.2, 0.25) is 5.02 Å². The van der Waals surface area contributed by atoms with Gasteiger partial charge in [0, 0.05) is 17.6 Å². The molecule has 0 aliphatic rings. The fourth-order valence-corrected chi connectivity index (χ4v) is 2.47. The van der Waals surface area contributed by atoms with E-state index in [4.69, 9.17) is 21.1 Å². The highest BCUT2D eigenvalue weighted by molar-refractivity contribution is 6.30. The van der Waals surface area contributed by atoms with Crippen molar-refractivity contribution >= 4 is 23.6 Å². The maximum atomic E-state index is 11.9. The van der Waals surface area contributed by atoms with E-state index >= 15 is 0 Å². The van der Waals surface area contributed by atoms with E-state index in [9.17, 15) is 4.79 Å². The van der Waals surface area contributed by atoms with Crippen LogP contribution in [0.15, 0.2) is 48.5 Å². The first-order valence-corrected chi connectivity index (χ1v) is 8.42. The monoisotopic (exact) mass is 359 g/mol. The van der Waals surface area contributed by atoms with Gasteiger partial charge < -0.3 is 14.8 Å². The third-order valence-corrected chi connectivity index (χ3v) is 3.94. The number of amides is 1. The largest absolute Gasteiger partial charge is 0.493 e. The number of rotatable bonds is 8. The minimum Gasteiger partial charge on any atom is -0.493 e. The number of aryl methyl sites for hydroxylation is 1. The molecule has 4 nitrogen and oxygen atoms in total. The zero-order chi connectivity index (χ0) is 18.1. The van der Waals surface area contributed by atoms with Gasteiger partial charge in [0.2, 0.25) is 5.91 Å². The molecule has 5 heteroatoms. The van der Waals surface area contributed by atoms with Crippen molar-refractivity contribution in [2.24, 2.45) is 0 Å². The number of carbonyl (C=O) groups is 1. The van der Waals surface area contributed by atoms with Gasteiger partial charge in [0.15, 0.2) is 11.5 Å². The van der Waals surface area contributed by atoms with Gasteiger partial charge in [-0.1, -0.05) is 29.8 Å². The zero-order valence-electron chi connectivity index (χ0n) is 14.4. The highest BCUT2D eigenvalue weighted by Gasteiger charge is 2.03. The van der Waals surface area contributed by atoms with Crippen molar-refractivity contribution in [3.05, 3.63) is 64.7 Å². The summed E-state index contributed by atoms with van der Waals surface area (Å²) in [6, 6.07) is 13.3. The predicted molar refractivity (Wildman–Crippen MR) is 101 cm³/mol. The van der Waals surface area contributed by atoms with Crippen LogP contribution < -0.4 is 14.8 Å². The van der Waals surface area contributed by atoms with E-state index in [-0.39, 0.29) is 5.91 Å². The number of methoxy groups -OCH3 is 2. The van der Waals surface area contributed by atoms with E-state index in [2.05, 4.69) is 5.32 Å². The Kier molecular flexibility index (Phi) is 7.36. The van der Waals surface area contributed by atoms with Gasteiger partial charge in [0.25, 0.3) is 0 Å². The average Bonchev–Trinajstić information content (AvgIpc) is 2.64. The number of ether oxygens (including phenoxy) is 2. The number of hydrogen-bond donors (Lipinski definition) is 1. The minimum atomic E-state index is -0.120. The number of halogens is 1. The van der Waals surface area contributed by atoms with Gasteiger partial charge >= 0.3 is 0 Å². The first kappa shape index (κ1) is 18.9. The topological polar surface area (TPSA) is 47.6 Å². The molecule has 0 heterocycles. The number of benzene rings is 2. The van der Waals surface area contributed by atoms with Crippen LogP contribution in [-0.2, 0) is 11.2 Å². The van der Waals surface area contributed by atoms with Crippen molar-refractivity contribution < 1.29 is 14.3 Å². The van der Waals surface area contributed by atoms with Crippen molar-refractivity contribution in [1.29, 1.82) is 0 Å². The molecule has 1 amide bonds. The Morgan fingerprint density at radius 3 is 2.48 bits per heavy atom. The lowest BCUT2D eigenvalue weighted by Crippen LogP contribution is -2.22. The molecule has 132 valence electrons. The molecule has 1 N–H and O–H groups in total. The van der Waals surface area contributed by atoms with Gasteiger partial charge in [-0.15, -0.1) is 0 Å². The lowest BCUT2D eigenvalue weighted by atomic mass is 10.1. The van der Waals surface area contributed by atoms with Gasteiger partial charge in [-0.05, 0) is 54.3 Å². The number of carbonyl (C=O) groups excluding carboxylic acids is 1. The Balaban J connectivity index is 1.77. The number of nitrogens with one attached hydrogen (secondary N) is 1. The van der Waals surface area contributed by atoms with Gasteiger partial charge in [-0.2, -0.15) is 0 Å². The first-order valence-electron chi connectivity index (χ1n) is 8.05. The Morgan fingerprint density at radius 1 is 1.08 bits per heavy atom. The molecule has 0 fully saturated rings. The molecule has 0 atom stereocenters. The Labute approximate surface area is 153 Å². The quantitative estimate of drug-likeness (QED) is 0.569. The summed E-state index contributed by atoms with van der Waals surface area (Å²) >= 11 is 5.86. The fourth-order valence-electron chi connectivity index (χ4n) is 2.34. The molecule has 0 spiro atoms. The fraction of sp³-hybridized carbons (Fsp3) is 0.250. The number of hydrogen-bond acceptors (Lipinski definition) is 3. The van der Waals surface area contributed by atoms with E-state index in [1.165, 1.54) is 11.6 Å². The van der Waals surface area contributed by atoms with Gasteiger partial charge in [0.05, 0.1) is 14.2 Å². The van der Waals surface area contributed by atoms with Crippen molar-refractivity contribution in [2.75, 3.05) is 20.8 Å². The molecule has 0 radical (unpaired) electrons. The smallest absolute Gasteiger partial charge is 0.243 e. The summed E-state index contributed by atoms with van der Waals surface area (Å²) in [5, 5.41) is 3.61. The second-order valence-corrected chi connectivity index (χ2v) is 5.91. The van der Waals surface area contributed by atoms with E-state index in [0.717, 1.165) is 23.4 Å². The van der Waals surface area contributed by atoms with Crippen molar-refractivity contribution in [2.45, 2.75) is 12.8 Å². The molecule has 0 saturated carbocycles. The molecule has 0 aliphatic heterocycles. The average molecular weight is 360 g/mol. The second kappa shape index (κ2) is 9.74. The summed E-state index contributed by atoms with van der Waals surface area (Å²) in [5.41, 5.74) is 2.08. The van der Waals surface area contributed by atoms with Crippen LogP contribution in [-0.4, -0.2) is 26.7 Å². The highest BCUT2D eigenvalue weighted by atomic mass is 35.5. The van der Waals surface area contributed by atoms with Crippen LogP contribution >= 0.6 is 11.6 Å². The molecule has 0 bridgehead atoms. The van der Waals surface area contributed by atoms with Crippen LogP contribution in [0.25, 0.3) is 6.08 Å². The van der Waals surface area contributed by atoms with Gasteiger partial charge in [-0.25, -0.2) is 0 Å². The van der Waals surface area contributed by atoms with Crippen LogP contribution in [0.4, 0.5) is 0 Å². The normalized spacial score (nSPS) is 10.7. The lowest BCUT2D eigenvalue weighted by Gasteiger charge is -2.07. The maximum Gasteiger partial charge on any atom is 0.243 e. The molecule has 0 aliphatic carbocycles. The van der Waals surface area contributed by atoms with E-state index in [1.807, 2.05) is 42.5 Å². The Bertz CT molecular complexity index is 726. The summed E-state index contributed by atoms with van der Waals surface area (Å²) in [5.74, 6) is 1.17. The van der Waals surface area contributed by atoms with Crippen molar-refractivity contribution in [3.8, 4) is 11.5 Å². The zero-order valence-corrected chi connectivity index (χ0v) is 15.2. The van der Waals surface area contributed by atoms with E-state index in [1.54, 1.807) is 20.3 Å². The third-order valence-electron chi connectivity index (χ3n) is 3.69. The summed E-state index contributed by atoms with van der Waals surface area (Å²) in [4.78, 5) is 11.9. The van der Waals surface area contributed by atoms with Gasteiger partial charge in [0.1, 0.15) is 0 Å². The molecule has 25 heavy (non-hydrogen) atoms. The molecular formula is C20H22ClNO3. The van der Waals surface area contributed by atoms with Crippen LogP contribution in [0.3, 0.4) is 0 Å². The first-order chi connectivity index (χ1) is 12.1. The molecule has 0 saturated heterocycles. The molecular weight excluding hydrogens is 338 g/mol. The van der Waals surface area contributed by atoms with Crippen molar-refractivity contribution in [1.82, 2.24) is 5.32 Å². The molecule has 2 aromatic rings. The van der Waals surface area contributed by atoms with E-state index < -0.39 is 0 Å². The van der Waals surface area contributed by atoms with E-state index in [0.29, 0.717) is 18.0 Å². The van der Waals surface area contributed by atoms with Crippen LogP contribution in [0.1, 0.15) is 17.5 Å². The lowest BCUT2D eigenvalue weighted by molar-refractivity contribution is -0.116. The summed E-state index contributed by atoms with van der Waals surface area (Å²) in [6.45, 7) is 0.623. The standard InChI is InChI=1S/C20H22ClNO3/c1-24-18-11-7-16(14-19(18)25-2)8-12-20(23)22-13-3-4-15-5-9-17(21)10-6-15/h5-12,14H,3-4,13H2,1-2H3,(H,22,23)/b12-8+. The minimum absolute atomic E-state index is 0.120. The summed E-state index contributed by atoms with van der Waals surface area (Å²) in [6.07, 6.45) is 5.04. The maximum absolute atomic E-state index is 11.9. The molecule has 2 rings (SSSR count). The van der Waals surface area contributed by atoms with Crippen molar-refractivity contribution in [3.63, 3.8) is 0 Å². The highest BCUT2D eigenvalue weighted by Crippen LogP contribution is 2.27. The Morgan fingerprint density at radius 2 is 1.80 bits per heavy atom. The van der Waals surface area contributed by atoms with Crippen LogP contribution in [0, 0.1) is 0 Å². The summed E-state index contributed by atoms with van der Waals surface area (Å²) < 4.78 is 10.4. The van der Waals surface area contributed by atoms with Gasteiger partial charge in [-0.3, -0.25) is 4.79 Å². The second-order valence-electron chi connectivity index (χ2n) is 5.47.